The zero-order chi connectivity index (χ0) is 15.5. The van der Waals surface area contributed by atoms with E-state index in [1.165, 1.54) is 7.05 Å². The Balaban J connectivity index is 2.25. The molecule has 108 valence electrons. The van der Waals surface area contributed by atoms with Crippen molar-refractivity contribution in [3.63, 3.8) is 0 Å². The molecule has 0 radical (unpaired) electrons. The van der Waals surface area contributed by atoms with Crippen LogP contribution in [-0.2, 0) is 10.0 Å². The molecule has 2 aromatic carbocycles. The van der Waals surface area contributed by atoms with Gasteiger partial charge in [0, 0.05) is 23.7 Å². The van der Waals surface area contributed by atoms with E-state index in [2.05, 4.69) is 12.0 Å². The first-order valence-corrected chi connectivity index (χ1v) is 8.04. The molecule has 0 saturated heterocycles. The van der Waals surface area contributed by atoms with Gasteiger partial charge in [0.05, 0.1) is 4.90 Å². The molecule has 2 aromatic rings. The zero-order valence-corrected chi connectivity index (χ0v) is 13.2. The zero-order valence-electron chi connectivity index (χ0n) is 11.7. The van der Waals surface area contributed by atoms with Crippen LogP contribution >= 0.6 is 11.6 Å². The highest BCUT2D eigenvalue weighted by molar-refractivity contribution is 7.89. The Bertz CT molecular complexity index is 785. The van der Waals surface area contributed by atoms with Crippen molar-refractivity contribution in [1.82, 2.24) is 4.31 Å². The van der Waals surface area contributed by atoms with Crippen molar-refractivity contribution in [3.8, 4) is 12.0 Å². The Morgan fingerprint density at radius 1 is 1.00 bits per heavy atom. The highest BCUT2D eigenvalue weighted by Gasteiger charge is 2.17. The van der Waals surface area contributed by atoms with Crippen LogP contribution in [0.3, 0.4) is 0 Å². The van der Waals surface area contributed by atoms with Crippen molar-refractivity contribution >= 4 is 21.6 Å². The van der Waals surface area contributed by atoms with Crippen molar-refractivity contribution in [3.05, 3.63) is 64.7 Å². The lowest BCUT2D eigenvalue weighted by atomic mass is 10.2. The highest BCUT2D eigenvalue weighted by atomic mass is 35.5. The van der Waals surface area contributed by atoms with Crippen LogP contribution in [0.15, 0.2) is 53.4 Å². The van der Waals surface area contributed by atoms with E-state index >= 15 is 0 Å². The summed E-state index contributed by atoms with van der Waals surface area (Å²) in [6.07, 6.45) is 0. The fraction of sp³-hybridized carbons (Fsp3) is 0.125. The van der Waals surface area contributed by atoms with Gasteiger partial charge in [-0.05, 0) is 49.2 Å². The Morgan fingerprint density at radius 3 is 2.14 bits per heavy atom. The average molecular weight is 320 g/mol. The van der Waals surface area contributed by atoms with Gasteiger partial charge in [-0.2, -0.15) is 0 Å². The highest BCUT2D eigenvalue weighted by Crippen LogP contribution is 2.14. The lowest BCUT2D eigenvalue weighted by Gasteiger charge is -2.12. The van der Waals surface area contributed by atoms with Crippen molar-refractivity contribution < 1.29 is 8.42 Å². The molecule has 0 fully saturated rings. The number of benzene rings is 2. The second kappa shape index (κ2) is 6.21. The number of hydrogen-bond donors (Lipinski definition) is 0. The molecule has 0 bridgehead atoms. The van der Waals surface area contributed by atoms with Gasteiger partial charge in [-0.1, -0.05) is 29.3 Å². The third-order valence-corrected chi connectivity index (χ3v) is 4.81. The van der Waals surface area contributed by atoms with Gasteiger partial charge in [0.2, 0.25) is 0 Å². The molecule has 2 rings (SSSR count). The van der Waals surface area contributed by atoms with Gasteiger partial charge in [-0.15, -0.1) is 0 Å². The van der Waals surface area contributed by atoms with Crippen LogP contribution in [0.1, 0.15) is 11.1 Å². The largest absolute Gasteiger partial charge is 0.270 e. The SMILES string of the molecule is Cc1ccc(S(=O)(=O)N(C)C#Cc2ccc(Cl)cc2)cc1. The minimum Gasteiger partial charge on any atom is -0.227 e. The molecule has 0 saturated carbocycles. The van der Waals surface area contributed by atoms with Crippen molar-refractivity contribution in [2.45, 2.75) is 11.8 Å². The summed E-state index contributed by atoms with van der Waals surface area (Å²) in [6, 6.07) is 16.2. The standard InChI is InChI=1S/C16H14ClNO2S/c1-13-3-9-16(10-4-13)21(19,20)18(2)12-11-14-5-7-15(17)8-6-14/h3-10H,1-2H3. The van der Waals surface area contributed by atoms with E-state index in [1.807, 2.05) is 6.92 Å². The summed E-state index contributed by atoms with van der Waals surface area (Å²) in [5, 5.41) is 0.612. The molecular weight excluding hydrogens is 306 g/mol. The van der Waals surface area contributed by atoms with Crippen LogP contribution in [0.4, 0.5) is 0 Å². The molecule has 0 amide bonds. The van der Waals surface area contributed by atoms with Crippen molar-refractivity contribution in [1.29, 1.82) is 0 Å². The second-order valence-corrected chi connectivity index (χ2v) is 6.93. The average Bonchev–Trinajstić information content (AvgIpc) is 2.46. The second-order valence-electron chi connectivity index (χ2n) is 4.53. The molecule has 0 atom stereocenters. The van der Waals surface area contributed by atoms with E-state index in [4.69, 9.17) is 11.6 Å². The Hall–Kier alpha value is -1.96. The fourth-order valence-electron chi connectivity index (χ4n) is 1.60. The third kappa shape index (κ3) is 3.78. The smallest absolute Gasteiger partial charge is 0.227 e. The summed E-state index contributed by atoms with van der Waals surface area (Å²) in [5.41, 5.74) is 1.70. The molecular formula is C16H14ClNO2S. The lowest BCUT2D eigenvalue weighted by molar-refractivity contribution is 0.547. The lowest BCUT2D eigenvalue weighted by Crippen LogP contribution is -2.22. The van der Waals surface area contributed by atoms with Gasteiger partial charge < -0.3 is 0 Å². The quantitative estimate of drug-likeness (QED) is 0.629. The number of aryl methyl sites for hydroxylation is 1. The molecule has 21 heavy (non-hydrogen) atoms. The topological polar surface area (TPSA) is 37.4 Å². The molecule has 0 aliphatic carbocycles. The van der Waals surface area contributed by atoms with Gasteiger partial charge in [-0.3, -0.25) is 0 Å². The predicted molar refractivity (Wildman–Crippen MR) is 84.5 cm³/mol. The molecule has 0 N–H and O–H groups in total. The summed E-state index contributed by atoms with van der Waals surface area (Å²) >= 11 is 5.79. The maximum Gasteiger partial charge on any atom is 0.270 e. The van der Waals surface area contributed by atoms with Gasteiger partial charge in [0.25, 0.3) is 10.0 Å². The summed E-state index contributed by atoms with van der Waals surface area (Å²) in [4.78, 5) is 0.223. The molecule has 5 heteroatoms. The number of nitrogens with zero attached hydrogens (tertiary/aromatic N) is 1. The van der Waals surface area contributed by atoms with Crippen LogP contribution in [0.5, 0.6) is 0 Å². The number of hydrogen-bond acceptors (Lipinski definition) is 2. The van der Waals surface area contributed by atoms with Crippen LogP contribution in [0.25, 0.3) is 0 Å². The van der Waals surface area contributed by atoms with Gasteiger partial charge in [0.1, 0.15) is 0 Å². The van der Waals surface area contributed by atoms with Crippen LogP contribution < -0.4 is 0 Å². The first-order chi connectivity index (χ1) is 9.89. The summed E-state index contributed by atoms with van der Waals surface area (Å²) in [5.74, 6) is 2.80. The molecule has 0 aliphatic rings. The Morgan fingerprint density at radius 2 is 1.57 bits per heavy atom. The summed E-state index contributed by atoms with van der Waals surface area (Å²) in [6.45, 7) is 1.90. The Labute approximate surface area is 130 Å². The first kappa shape index (κ1) is 15.4. The van der Waals surface area contributed by atoms with Crippen LogP contribution in [-0.4, -0.2) is 19.8 Å². The van der Waals surface area contributed by atoms with E-state index in [0.717, 1.165) is 9.87 Å². The van der Waals surface area contributed by atoms with E-state index in [-0.39, 0.29) is 4.90 Å². The van der Waals surface area contributed by atoms with E-state index in [1.54, 1.807) is 48.5 Å². The van der Waals surface area contributed by atoms with Gasteiger partial charge in [0.15, 0.2) is 0 Å². The van der Waals surface area contributed by atoms with E-state index in [9.17, 15) is 8.42 Å². The number of halogens is 1. The third-order valence-electron chi connectivity index (χ3n) is 2.88. The Kier molecular flexibility index (Phi) is 4.56. The maximum absolute atomic E-state index is 12.3. The summed E-state index contributed by atoms with van der Waals surface area (Å²) < 4.78 is 25.7. The van der Waals surface area contributed by atoms with Crippen LogP contribution in [0, 0.1) is 18.9 Å². The molecule has 0 aromatic heterocycles. The normalized spacial score (nSPS) is 10.6. The van der Waals surface area contributed by atoms with Gasteiger partial charge in [-0.25, -0.2) is 12.7 Å². The first-order valence-electron chi connectivity index (χ1n) is 6.22. The minimum absolute atomic E-state index is 0.223. The minimum atomic E-state index is -3.60. The fourth-order valence-corrected chi connectivity index (χ4v) is 2.69. The van der Waals surface area contributed by atoms with Crippen molar-refractivity contribution in [2.75, 3.05) is 7.05 Å². The van der Waals surface area contributed by atoms with E-state index < -0.39 is 10.0 Å². The molecule has 3 nitrogen and oxygen atoms in total. The van der Waals surface area contributed by atoms with Crippen molar-refractivity contribution in [2.24, 2.45) is 0 Å². The number of rotatable bonds is 2. The predicted octanol–water partition coefficient (Wildman–Crippen LogP) is 3.28. The maximum atomic E-state index is 12.3. The number of sulfonamides is 1. The van der Waals surface area contributed by atoms with Gasteiger partial charge >= 0.3 is 0 Å². The molecule has 0 aliphatic heterocycles. The monoisotopic (exact) mass is 319 g/mol. The molecule has 0 unspecified atom stereocenters. The summed E-state index contributed by atoms with van der Waals surface area (Å²) in [7, 11) is -2.17. The van der Waals surface area contributed by atoms with E-state index in [0.29, 0.717) is 10.6 Å². The molecule has 0 heterocycles. The van der Waals surface area contributed by atoms with Crippen LogP contribution in [0.2, 0.25) is 5.02 Å². The molecule has 0 spiro atoms.